The Morgan fingerprint density at radius 3 is 2.56 bits per heavy atom. The Balaban J connectivity index is 2.17. The topological polar surface area (TPSA) is 102 Å². The fraction of sp³-hybridized carbons (Fsp3) is 0.375. The summed E-state index contributed by atoms with van der Waals surface area (Å²) in [5.74, 6) is 0.312. The maximum Gasteiger partial charge on any atom is 0.243 e. The quantitative estimate of drug-likeness (QED) is 0.728. The van der Waals surface area contributed by atoms with Crippen LogP contribution >= 0.6 is 0 Å². The van der Waals surface area contributed by atoms with Gasteiger partial charge < -0.3 is 14.6 Å². The average Bonchev–Trinajstić information content (AvgIpc) is 3.11. The lowest BCUT2D eigenvalue weighted by molar-refractivity contribution is -0.116. The Kier molecular flexibility index (Phi) is 6.54. The maximum atomic E-state index is 12.8. The number of carbonyl (C=O) groups is 1. The van der Waals surface area contributed by atoms with Gasteiger partial charge in [-0.3, -0.25) is 4.79 Å². The number of hydrogen-bond acceptors (Lipinski definition) is 6. The molecular weight excluding hydrogens is 346 g/mol. The van der Waals surface area contributed by atoms with Gasteiger partial charge in [0, 0.05) is 12.6 Å². The highest BCUT2D eigenvalue weighted by Crippen LogP contribution is 2.20. The molecule has 1 aromatic carbocycles. The molecule has 1 aromatic heterocycles. The largest absolute Gasteiger partial charge is 0.497 e. The zero-order chi connectivity index (χ0) is 18.3. The first kappa shape index (κ1) is 18.9. The van der Waals surface area contributed by atoms with E-state index in [0.717, 1.165) is 10.7 Å². The first-order chi connectivity index (χ1) is 12.0. The van der Waals surface area contributed by atoms with Crippen LogP contribution in [0.25, 0.3) is 0 Å². The second-order valence-electron chi connectivity index (χ2n) is 5.30. The van der Waals surface area contributed by atoms with E-state index in [1.165, 1.54) is 31.6 Å². The number of sulfonamides is 1. The van der Waals surface area contributed by atoms with E-state index in [1.54, 1.807) is 12.1 Å². The molecule has 9 heteroatoms. The molecule has 1 N–H and O–H groups in total. The normalized spacial score (nSPS) is 11.5. The SMILES string of the molecule is CCCCN(CC(=O)Nc1ccon1)S(=O)(=O)c1ccc(OC)cc1. The molecule has 136 valence electrons. The van der Waals surface area contributed by atoms with Gasteiger partial charge in [0.05, 0.1) is 18.6 Å². The summed E-state index contributed by atoms with van der Waals surface area (Å²) in [6.45, 7) is 1.89. The van der Waals surface area contributed by atoms with Gasteiger partial charge in [0.2, 0.25) is 15.9 Å². The molecule has 0 unspecified atom stereocenters. The number of nitrogens with one attached hydrogen (secondary N) is 1. The van der Waals surface area contributed by atoms with Crippen LogP contribution in [0.3, 0.4) is 0 Å². The van der Waals surface area contributed by atoms with E-state index in [-0.39, 0.29) is 23.8 Å². The molecule has 1 amide bonds. The lowest BCUT2D eigenvalue weighted by Crippen LogP contribution is -2.38. The van der Waals surface area contributed by atoms with Gasteiger partial charge in [0.25, 0.3) is 0 Å². The highest BCUT2D eigenvalue weighted by Gasteiger charge is 2.26. The van der Waals surface area contributed by atoms with Crippen molar-refractivity contribution in [3.63, 3.8) is 0 Å². The van der Waals surface area contributed by atoms with Gasteiger partial charge in [-0.05, 0) is 30.7 Å². The van der Waals surface area contributed by atoms with Gasteiger partial charge in [-0.15, -0.1) is 0 Å². The van der Waals surface area contributed by atoms with Gasteiger partial charge in [0.15, 0.2) is 5.82 Å². The molecule has 0 atom stereocenters. The predicted octanol–water partition coefficient (Wildman–Crippen LogP) is 2.11. The third kappa shape index (κ3) is 5.04. The summed E-state index contributed by atoms with van der Waals surface area (Å²) in [6.07, 6.45) is 2.77. The maximum absolute atomic E-state index is 12.8. The molecule has 0 aliphatic carbocycles. The molecule has 2 aromatic rings. The standard InChI is InChI=1S/C16H21N3O5S/c1-3-4-10-19(12-16(20)17-15-9-11-24-18-15)25(21,22)14-7-5-13(23-2)6-8-14/h5-9,11H,3-4,10,12H2,1-2H3,(H,17,18,20). The van der Waals surface area contributed by atoms with E-state index >= 15 is 0 Å². The average molecular weight is 367 g/mol. The third-order valence-electron chi connectivity index (χ3n) is 3.48. The van der Waals surface area contributed by atoms with Crippen molar-refractivity contribution in [2.24, 2.45) is 0 Å². The van der Waals surface area contributed by atoms with Gasteiger partial charge in [-0.25, -0.2) is 8.42 Å². The molecule has 0 aliphatic heterocycles. The van der Waals surface area contributed by atoms with Crippen molar-refractivity contribution in [2.45, 2.75) is 24.7 Å². The van der Waals surface area contributed by atoms with Crippen LogP contribution in [0, 0.1) is 0 Å². The number of unbranched alkanes of at least 4 members (excludes halogenated alkanes) is 1. The predicted molar refractivity (Wildman–Crippen MR) is 91.8 cm³/mol. The molecule has 8 nitrogen and oxygen atoms in total. The molecule has 25 heavy (non-hydrogen) atoms. The summed E-state index contributed by atoms with van der Waals surface area (Å²) >= 11 is 0. The number of anilines is 1. The number of carbonyl (C=O) groups excluding carboxylic acids is 1. The van der Waals surface area contributed by atoms with Crippen molar-refractivity contribution < 1.29 is 22.5 Å². The fourth-order valence-corrected chi connectivity index (χ4v) is 3.57. The number of methoxy groups -OCH3 is 1. The zero-order valence-electron chi connectivity index (χ0n) is 14.1. The first-order valence-corrected chi connectivity index (χ1v) is 9.25. The van der Waals surface area contributed by atoms with Crippen molar-refractivity contribution in [1.29, 1.82) is 0 Å². The summed E-state index contributed by atoms with van der Waals surface area (Å²) in [5, 5.41) is 6.08. The van der Waals surface area contributed by atoms with Gasteiger partial charge in [0.1, 0.15) is 12.0 Å². The second-order valence-corrected chi connectivity index (χ2v) is 7.24. The summed E-state index contributed by atoms with van der Waals surface area (Å²) in [6, 6.07) is 7.54. The fourth-order valence-electron chi connectivity index (χ4n) is 2.14. The summed E-state index contributed by atoms with van der Waals surface area (Å²) in [4.78, 5) is 12.3. The zero-order valence-corrected chi connectivity index (χ0v) is 15.0. The van der Waals surface area contributed by atoms with E-state index in [0.29, 0.717) is 12.2 Å². The molecular formula is C16H21N3O5S. The second kappa shape index (κ2) is 8.63. The number of aromatic nitrogens is 1. The van der Waals surface area contributed by atoms with Crippen molar-refractivity contribution in [1.82, 2.24) is 9.46 Å². The van der Waals surface area contributed by atoms with E-state index in [9.17, 15) is 13.2 Å². The van der Waals surface area contributed by atoms with Crippen LogP contribution < -0.4 is 10.1 Å². The summed E-state index contributed by atoms with van der Waals surface area (Å²) in [5.41, 5.74) is 0. The molecule has 0 saturated carbocycles. The van der Waals surface area contributed by atoms with Crippen LogP contribution in [-0.4, -0.2) is 44.0 Å². The lowest BCUT2D eigenvalue weighted by Gasteiger charge is -2.21. The summed E-state index contributed by atoms with van der Waals surface area (Å²) < 4.78 is 36.5. The minimum absolute atomic E-state index is 0.110. The minimum atomic E-state index is -3.80. The summed E-state index contributed by atoms with van der Waals surface area (Å²) in [7, 11) is -2.29. The first-order valence-electron chi connectivity index (χ1n) is 7.81. The van der Waals surface area contributed by atoms with E-state index in [1.807, 2.05) is 6.92 Å². The van der Waals surface area contributed by atoms with Crippen LogP contribution in [0.1, 0.15) is 19.8 Å². The molecule has 0 spiro atoms. The van der Waals surface area contributed by atoms with Crippen LogP contribution in [0.4, 0.5) is 5.82 Å². The Bertz CT molecular complexity index is 773. The third-order valence-corrected chi connectivity index (χ3v) is 5.34. The Labute approximate surface area is 146 Å². The van der Waals surface area contributed by atoms with Crippen LogP contribution in [0.15, 0.2) is 46.0 Å². The van der Waals surface area contributed by atoms with Crippen LogP contribution in [0.5, 0.6) is 5.75 Å². The highest BCUT2D eigenvalue weighted by molar-refractivity contribution is 7.89. The van der Waals surface area contributed by atoms with Crippen molar-refractivity contribution in [3.8, 4) is 5.75 Å². The molecule has 0 bridgehead atoms. The smallest absolute Gasteiger partial charge is 0.243 e. The van der Waals surface area contributed by atoms with Gasteiger partial charge >= 0.3 is 0 Å². The van der Waals surface area contributed by atoms with Crippen molar-refractivity contribution in [2.75, 3.05) is 25.5 Å². The van der Waals surface area contributed by atoms with Crippen molar-refractivity contribution in [3.05, 3.63) is 36.6 Å². The number of rotatable bonds is 9. The van der Waals surface area contributed by atoms with E-state index in [4.69, 9.17) is 4.74 Å². The van der Waals surface area contributed by atoms with Crippen LogP contribution in [-0.2, 0) is 14.8 Å². The molecule has 0 radical (unpaired) electrons. The molecule has 2 rings (SSSR count). The molecule has 0 fully saturated rings. The molecule has 1 heterocycles. The molecule has 0 saturated heterocycles. The Hall–Kier alpha value is -2.39. The number of amides is 1. The minimum Gasteiger partial charge on any atom is -0.497 e. The number of nitrogens with zero attached hydrogens (tertiary/aromatic N) is 2. The van der Waals surface area contributed by atoms with E-state index < -0.39 is 15.9 Å². The number of benzene rings is 1. The highest BCUT2D eigenvalue weighted by atomic mass is 32.2. The number of ether oxygens (including phenoxy) is 1. The lowest BCUT2D eigenvalue weighted by atomic mass is 10.3. The van der Waals surface area contributed by atoms with Gasteiger partial charge in [-0.1, -0.05) is 18.5 Å². The Morgan fingerprint density at radius 1 is 1.28 bits per heavy atom. The Morgan fingerprint density at radius 2 is 2.00 bits per heavy atom. The number of hydrogen-bond donors (Lipinski definition) is 1. The van der Waals surface area contributed by atoms with Crippen molar-refractivity contribution >= 4 is 21.7 Å². The monoisotopic (exact) mass is 367 g/mol. The molecule has 0 aliphatic rings. The van der Waals surface area contributed by atoms with E-state index in [2.05, 4.69) is 15.0 Å². The van der Waals surface area contributed by atoms with Crippen LogP contribution in [0.2, 0.25) is 0 Å². The van der Waals surface area contributed by atoms with Gasteiger partial charge in [-0.2, -0.15) is 4.31 Å².